The molecule has 2 N–H and O–H groups in total. The summed E-state index contributed by atoms with van der Waals surface area (Å²) in [5.41, 5.74) is -1.06. The molecule has 1 aliphatic rings. The molecule has 2 unspecified atom stereocenters. The molecular formula is C10H14O3. The highest BCUT2D eigenvalue weighted by Crippen LogP contribution is 2.26. The highest BCUT2D eigenvalue weighted by molar-refractivity contribution is 5.69. The van der Waals surface area contributed by atoms with Gasteiger partial charge >= 0.3 is 0 Å². The van der Waals surface area contributed by atoms with Gasteiger partial charge in [-0.05, 0) is 17.6 Å². The van der Waals surface area contributed by atoms with E-state index in [1.807, 2.05) is 13.8 Å². The second-order valence-corrected chi connectivity index (χ2v) is 3.59. The van der Waals surface area contributed by atoms with Crippen molar-refractivity contribution in [1.29, 1.82) is 0 Å². The predicted octanol–water partition coefficient (Wildman–Crippen LogP) is 0.430. The Morgan fingerprint density at radius 3 is 2.69 bits per heavy atom. The Hall–Kier alpha value is -0.930. The Labute approximate surface area is 77.4 Å². The summed E-state index contributed by atoms with van der Waals surface area (Å²) >= 11 is 0. The van der Waals surface area contributed by atoms with Gasteiger partial charge in [0.2, 0.25) is 0 Å². The Kier molecular flexibility index (Phi) is 2.68. The summed E-state index contributed by atoms with van der Waals surface area (Å²) in [7, 11) is 0. The van der Waals surface area contributed by atoms with Gasteiger partial charge in [-0.2, -0.15) is 0 Å². The molecule has 2 atom stereocenters. The quantitative estimate of drug-likeness (QED) is 0.609. The lowest BCUT2D eigenvalue weighted by molar-refractivity contribution is -0.127. The average Bonchev–Trinajstić information content (AvgIpc) is 2.09. The normalized spacial score (nSPS) is 33.3. The number of aliphatic hydroxyl groups is 2. The minimum absolute atomic E-state index is 0.117. The zero-order valence-corrected chi connectivity index (χ0v) is 7.77. The SMILES string of the molecule is CC(C)C1=CC=CC(O)(C=O)C1O. The maximum atomic E-state index is 10.6. The topological polar surface area (TPSA) is 57.5 Å². The van der Waals surface area contributed by atoms with Crippen LogP contribution in [0.5, 0.6) is 0 Å². The summed E-state index contributed by atoms with van der Waals surface area (Å²) < 4.78 is 0. The van der Waals surface area contributed by atoms with E-state index in [1.54, 1.807) is 12.2 Å². The van der Waals surface area contributed by atoms with Gasteiger partial charge in [-0.3, -0.25) is 4.79 Å². The van der Waals surface area contributed by atoms with Crippen molar-refractivity contribution in [3.05, 3.63) is 23.8 Å². The van der Waals surface area contributed by atoms with Gasteiger partial charge in [0, 0.05) is 0 Å². The molecule has 0 aliphatic heterocycles. The molecule has 0 fully saturated rings. The van der Waals surface area contributed by atoms with Crippen molar-refractivity contribution >= 4 is 6.29 Å². The second kappa shape index (κ2) is 3.44. The summed E-state index contributed by atoms with van der Waals surface area (Å²) in [4.78, 5) is 10.6. The molecule has 1 aliphatic carbocycles. The molecule has 13 heavy (non-hydrogen) atoms. The van der Waals surface area contributed by atoms with Crippen LogP contribution in [0.2, 0.25) is 0 Å². The molecule has 0 bridgehead atoms. The van der Waals surface area contributed by atoms with Crippen LogP contribution in [0.4, 0.5) is 0 Å². The Bertz CT molecular complexity index is 265. The minimum Gasteiger partial charge on any atom is -0.385 e. The van der Waals surface area contributed by atoms with Crippen LogP contribution >= 0.6 is 0 Å². The fourth-order valence-corrected chi connectivity index (χ4v) is 1.37. The van der Waals surface area contributed by atoms with Crippen molar-refractivity contribution in [2.75, 3.05) is 0 Å². The monoisotopic (exact) mass is 182 g/mol. The van der Waals surface area contributed by atoms with Crippen molar-refractivity contribution in [3.63, 3.8) is 0 Å². The molecule has 0 spiro atoms. The van der Waals surface area contributed by atoms with E-state index in [0.717, 1.165) is 0 Å². The van der Waals surface area contributed by atoms with Gasteiger partial charge in [0.15, 0.2) is 11.9 Å². The third-order valence-electron chi connectivity index (χ3n) is 2.26. The third-order valence-corrected chi connectivity index (χ3v) is 2.26. The number of hydrogen-bond donors (Lipinski definition) is 2. The number of carbonyl (C=O) groups excluding carboxylic acids is 1. The summed E-state index contributed by atoms with van der Waals surface area (Å²) in [6.07, 6.45) is 3.87. The van der Waals surface area contributed by atoms with Crippen molar-refractivity contribution in [3.8, 4) is 0 Å². The summed E-state index contributed by atoms with van der Waals surface area (Å²) in [5.74, 6) is 0.117. The Morgan fingerprint density at radius 1 is 1.62 bits per heavy atom. The number of allylic oxidation sites excluding steroid dienone is 2. The highest BCUT2D eigenvalue weighted by Gasteiger charge is 2.37. The van der Waals surface area contributed by atoms with E-state index < -0.39 is 11.7 Å². The molecule has 0 amide bonds. The number of aldehydes is 1. The van der Waals surface area contributed by atoms with E-state index in [9.17, 15) is 15.0 Å². The van der Waals surface area contributed by atoms with Gasteiger partial charge in [0.05, 0.1) is 0 Å². The van der Waals surface area contributed by atoms with Crippen LogP contribution in [0.1, 0.15) is 13.8 Å². The first-order valence-corrected chi connectivity index (χ1v) is 4.27. The molecule has 0 saturated heterocycles. The smallest absolute Gasteiger partial charge is 0.168 e. The van der Waals surface area contributed by atoms with Crippen molar-refractivity contribution < 1.29 is 15.0 Å². The van der Waals surface area contributed by atoms with Gasteiger partial charge in [-0.25, -0.2) is 0 Å². The lowest BCUT2D eigenvalue weighted by atomic mass is 9.83. The average molecular weight is 182 g/mol. The van der Waals surface area contributed by atoms with Crippen LogP contribution in [0.25, 0.3) is 0 Å². The molecule has 0 aromatic heterocycles. The molecular weight excluding hydrogens is 168 g/mol. The van der Waals surface area contributed by atoms with E-state index in [1.165, 1.54) is 6.08 Å². The fraction of sp³-hybridized carbons (Fsp3) is 0.500. The first-order chi connectivity index (χ1) is 6.01. The maximum Gasteiger partial charge on any atom is 0.168 e. The van der Waals surface area contributed by atoms with E-state index >= 15 is 0 Å². The van der Waals surface area contributed by atoms with Crippen LogP contribution in [-0.4, -0.2) is 28.2 Å². The van der Waals surface area contributed by atoms with Gasteiger partial charge in [-0.15, -0.1) is 0 Å². The number of aliphatic hydroxyl groups excluding tert-OH is 1. The lowest BCUT2D eigenvalue weighted by Gasteiger charge is -2.30. The zero-order valence-electron chi connectivity index (χ0n) is 7.77. The zero-order chi connectivity index (χ0) is 10.1. The number of hydrogen-bond acceptors (Lipinski definition) is 3. The van der Waals surface area contributed by atoms with E-state index in [4.69, 9.17) is 0 Å². The van der Waals surface area contributed by atoms with Gasteiger partial charge in [-0.1, -0.05) is 26.0 Å². The summed E-state index contributed by atoms with van der Waals surface area (Å²) in [6, 6.07) is 0. The highest BCUT2D eigenvalue weighted by atomic mass is 16.3. The van der Waals surface area contributed by atoms with Crippen LogP contribution < -0.4 is 0 Å². The molecule has 0 heterocycles. The first-order valence-electron chi connectivity index (χ1n) is 4.27. The van der Waals surface area contributed by atoms with Crippen LogP contribution in [0.15, 0.2) is 23.8 Å². The van der Waals surface area contributed by atoms with Crippen molar-refractivity contribution in [1.82, 2.24) is 0 Å². The molecule has 72 valence electrons. The van der Waals surface area contributed by atoms with E-state index in [2.05, 4.69) is 0 Å². The fourth-order valence-electron chi connectivity index (χ4n) is 1.37. The Morgan fingerprint density at radius 2 is 2.23 bits per heavy atom. The first kappa shape index (κ1) is 10.2. The number of rotatable bonds is 2. The lowest BCUT2D eigenvalue weighted by Crippen LogP contribution is -2.45. The standard InChI is InChI=1S/C10H14O3/c1-7(2)8-4-3-5-10(13,6-11)9(8)12/h3-7,9,12-13H,1-2H3. The molecule has 1 rings (SSSR count). The van der Waals surface area contributed by atoms with Gasteiger partial charge in [0.25, 0.3) is 0 Å². The number of carbonyl (C=O) groups is 1. The summed E-state index contributed by atoms with van der Waals surface area (Å²) in [5, 5.41) is 19.3. The largest absolute Gasteiger partial charge is 0.385 e. The third kappa shape index (κ3) is 1.71. The van der Waals surface area contributed by atoms with Gasteiger partial charge < -0.3 is 10.2 Å². The Balaban J connectivity index is 2.99. The van der Waals surface area contributed by atoms with Crippen molar-refractivity contribution in [2.45, 2.75) is 25.6 Å². The van der Waals surface area contributed by atoms with Crippen LogP contribution in [0, 0.1) is 5.92 Å². The molecule has 3 heteroatoms. The molecule has 0 saturated carbocycles. The van der Waals surface area contributed by atoms with E-state index in [-0.39, 0.29) is 5.92 Å². The second-order valence-electron chi connectivity index (χ2n) is 3.59. The molecule has 0 radical (unpaired) electrons. The van der Waals surface area contributed by atoms with Crippen molar-refractivity contribution in [2.24, 2.45) is 5.92 Å². The maximum absolute atomic E-state index is 10.6. The molecule has 3 nitrogen and oxygen atoms in total. The molecule has 0 aromatic rings. The summed E-state index contributed by atoms with van der Waals surface area (Å²) in [6.45, 7) is 3.80. The van der Waals surface area contributed by atoms with E-state index in [0.29, 0.717) is 11.9 Å². The predicted molar refractivity (Wildman–Crippen MR) is 49.1 cm³/mol. The minimum atomic E-state index is -1.74. The van der Waals surface area contributed by atoms with Crippen LogP contribution in [0.3, 0.4) is 0 Å². The molecule has 0 aromatic carbocycles. The van der Waals surface area contributed by atoms with Crippen LogP contribution in [-0.2, 0) is 4.79 Å². The van der Waals surface area contributed by atoms with Gasteiger partial charge in [0.1, 0.15) is 6.10 Å².